The molecule has 6 aromatic carbocycles. The van der Waals surface area contributed by atoms with E-state index in [1.165, 1.54) is 21.9 Å². The molecule has 45 heavy (non-hydrogen) atoms. The standard InChI is InChI=1S/C41H27N3O/c1-2-12-28(13-3-1)39-42-40(32-23-21-27-11-5-7-15-30(27)25-32)44-41(43-39)34-17-9-19-36-38(34)37-33(16-8-18-35(37)45-36)31-22-20-26-10-4-6-14-29(26)24-31/h1-24,32H,25H2. The van der Waals surface area contributed by atoms with E-state index in [-0.39, 0.29) is 5.92 Å². The van der Waals surface area contributed by atoms with Gasteiger partial charge in [0.2, 0.25) is 0 Å². The zero-order chi connectivity index (χ0) is 29.7. The van der Waals surface area contributed by atoms with Crippen LogP contribution in [-0.4, -0.2) is 15.0 Å². The maximum Gasteiger partial charge on any atom is 0.164 e. The van der Waals surface area contributed by atoms with Crippen molar-refractivity contribution in [3.63, 3.8) is 0 Å². The maximum atomic E-state index is 6.48. The molecule has 9 rings (SSSR count). The third-order valence-corrected chi connectivity index (χ3v) is 8.84. The molecule has 1 aliphatic rings. The first kappa shape index (κ1) is 25.6. The van der Waals surface area contributed by atoms with Gasteiger partial charge >= 0.3 is 0 Å². The minimum absolute atomic E-state index is 0.0394. The highest BCUT2D eigenvalue weighted by Crippen LogP contribution is 2.42. The SMILES string of the molecule is C1=CC(c2nc(-c3ccccc3)nc(-c3cccc4oc5cccc(-c6ccc7ccccc7c6)c5c34)n2)Cc2ccccc21. The molecule has 0 radical (unpaired) electrons. The monoisotopic (exact) mass is 577 g/mol. The van der Waals surface area contributed by atoms with Crippen molar-refractivity contribution in [3.05, 3.63) is 156 Å². The van der Waals surface area contributed by atoms with Crippen molar-refractivity contribution in [1.29, 1.82) is 0 Å². The highest BCUT2D eigenvalue weighted by Gasteiger charge is 2.23. The predicted molar refractivity (Wildman–Crippen MR) is 183 cm³/mol. The van der Waals surface area contributed by atoms with Crippen LogP contribution in [-0.2, 0) is 6.42 Å². The summed E-state index contributed by atoms with van der Waals surface area (Å²) in [6.07, 6.45) is 5.26. The van der Waals surface area contributed by atoms with Gasteiger partial charge in [-0.25, -0.2) is 15.0 Å². The molecule has 1 unspecified atom stereocenters. The van der Waals surface area contributed by atoms with Gasteiger partial charge in [0.1, 0.15) is 17.0 Å². The number of furan rings is 1. The summed E-state index contributed by atoms with van der Waals surface area (Å²) in [4.78, 5) is 15.3. The van der Waals surface area contributed by atoms with Crippen LogP contribution in [0, 0.1) is 0 Å². The van der Waals surface area contributed by atoms with Crippen molar-refractivity contribution < 1.29 is 4.42 Å². The third kappa shape index (κ3) is 4.42. The van der Waals surface area contributed by atoms with Crippen LogP contribution in [0.2, 0.25) is 0 Å². The zero-order valence-corrected chi connectivity index (χ0v) is 24.4. The Morgan fingerprint density at radius 1 is 0.533 bits per heavy atom. The Morgan fingerprint density at radius 2 is 1.24 bits per heavy atom. The number of fused-ring (bicyclic) bond motifs is 5. The molecular formula is C41H27N3O. The van der Waals surface area contributed by atoms with E-state index >= 15 is 0 Å². The highest BCUT2D eigenvalue weighted by molar-refractivity contribution is 6.17. The molecule has 2 heterocycles. The second kappa shape index (κ2) is 10.4. The molecule has 0 fully saturated rings. The van der Waals surface area contributed by atoms with E-state index in [1.54, 1.807) is 0 Å². The number of benzene rings is 6. The van der Waals surface area contributed by atoms with Crippen molar-refractivity contribution in [2.24, 2.45) is 0 Å². The smallest absolute Gasteiger partial charge is 0.164 e. The van der Waals surface area contributed by atoms with E-state index in [1.807, 2.05) is 36.4 Å². The fourth-order valence-corrected chi connectivity index (χ4v) is 6.63. The molecule has 0 N–H and O–H groups in total. The lowest BCUT2D eigenvalue weighted by Crippen LogP contribution is -2.12. The van der Waals surface area contributed by atoms with E-state index < -0.39 is 0 Å². The van der Waals surface area contributed by atoms with Gasteiger partial charge < -0.3 is 4.42 Å². The second-order valence-corrected chi connectivity index (χ2v) is 11.6. The van der Waals surface area contributed by atoms with E-state index in [9.17, 15) is 0 Å². The summed E-state index contributed by atoms with van der Waals surface area (Å²) in [5.41, 5.74) is 8.36. The van der Waals surface area contributed by atoms with Crippen LogP contribution < -0.4 is 0 Å². The largest absolute Gasteiger partial charge is 0.456 e. The second-order valence-electron chi connectivity index (χ2n) is 11.6. The molecule has 4 heteroatoms. The van der Waals surface area contributed by atoms with Gasteiger partial charge in [-0.05, 0) is 57.6 Å². The van der Waals surface area contributed by atoms with Crippen molar-refractivity contribution in [3.8, 4) is 33.9 Å². The number of aromatic nitrogens is 3. The van der Waals surface area contributed by atoms with E-state index in [0.29, 0.717) is 11.6 Å². The summed E-state index contributed by atoms with van der Waals surface area (Å²) >= 11 is 0. The molecule has 4 nitrogen and oxygen atoms in total. The molecule has 2 aromatic heterocycles. The van der Waals surface area contributed by atoms with Crippen LogP contribution in [0.4, 0.5) is 0 Å². The molecule has 8 aromatic rings. The van der Waals surface area contributed by atoms with E-state index in [4.69, 9.17) is 19.4 Å². The molecule has 212 valence electrons. The number of allylic oxidation sites excluding steroid dienone is 1. The fraction of sp³-hybridized carbons (Fsp3) is 0.0488. The maximum absolute atomic E-state index is 6.48. The summed E-state index contributed by atoms with van der Waals surface area (Å²) in [5.74, 6) is 2.12. The summed E-state index contributed by atoms with van der Waals surface area (Å²) < 4.78 is 6.48. The summed E-state index contributed by atoms with van der Waals surface area (Å²) in [6, 6.07) is 46.3. The Bertz CT molecular complexity index is 2420. The minimum Gasteiger partial charge on any atom is -0.456 e. The van der Waals surface area contributed by atoms with Gasteiger partial charge in [-0.15, -0.1) is 0 Å². The Morgan fingerprint density at radius 3 is 2.11 bits per heavy atom. The molecule has 0 saturated carbocycles. The third-order valence-electron chi connectivity index (χ3n) is 8.84. The summed E-state index contributed by atoms with van der Waals surface area (Å²) in [7, 11) is 0. The number of nitrogens with zero attached hydrogens (tertiary/aromatic N) is 3. The van der Waals surface area contributed by atoms with Crippen LogP contribution >= 0.6 is 0 Å². The highest BCUT2D eigenvalue weighted by atomic mass is 16.3. The van der Waals surface area contributed by atoms with Gasteiger partial charge in [-0.1, -0.05) is 127 Å². The van der Waals surface area contributed by atoms with Gasteiger partial charge in [-0.2, -0.15) is 0 Å². The fourth-order valence-electron chi connectivity index (χ4n) is 6.63. The lowest BCUT2D eigenvalue weighted by molar-refractivity contribution is 0.669. The normalized spacial score (nSPS) is 14.3. The van der Waals surface area contributed by atoms with Crippen LogP contribution in [0.3, 0.4) is 0 Å². The van der Waals surface area contributed by atoms with E-state index in [2.05, 4.69) is 109 Å². The molecule has 0 amide bonds. The Hall–Kier alpha value is -5.87. The molecule has 0 saturated heterocycles. The Balaban J connectivity index is 1.27. The molecule has 0 spiro atoms. The van der Waals surface area contributed by atoms with Gasteiger partial charge in [0.25, 0.3) is 0 Å². The average Bonchev–Trinajstić information content (AvgIpc) is 3.51. The quantitative estimate of drug-likeness (QED) is 0.209. The number of hydrogen-bond acceptors (Lipinski definition) is 4. The molecule has 0 aliphatic heterocycles. The van der Waals surface area contributed by atoms with Crippen molar-refractivity contribution in [1.82, 2.24) is 15.0 Å². The lowest BCUT2D eigenvalue weighted by atomic mass is 9.89. The topological polar surface area (TPSA) is 51.8 Å². The molecule has 1 aliphatic carbocycles. The number of hydrogen-bond donors (Lipinski definition) is 0. The van der Waals surface area contributed by atoms with Gasteiger partial charge in [0, 0.05) is 27.8 Å². The lowest BCUT2D eigenvalue weighted by Gasteiger charge is -2.19. The van der Waals surface area contributed by atoms with Gasteiger partial charge in [-0.3, -0.25) is 0 Å². The zero-order valence-electron chi connectivity index (χ0n) is 24.4. The first-order chi connectivity index (χ1) is 22.3. The van der Waals surface area contributed by atoms with Gasteiger partial charge in [0.15, 0.2) is 11.6 Å². The van der Waals surface area contributed by atoms with Crippen molar-refractivity contribution in [2.45, 2.75) is 12.3 Å². The van der Waals surface area contributed by atoms with Gasteiger partial charge in [0.05, 0.1) is 0 Å². The Kier molecular flexibility index (Phi) is 5.91. The summed E-state index contributed by atoms with van der Waals surface area (Å²) in [6.45, 7) is 0. The molecule has 1 atom stereocenters. The first-order valence-corrected chi connectivity index (χ1v) is 15.3. The predicted octanol–water partition coefficient (Wildman–Crippen LogP) is 10.3. The van der Waals surface area contributed by atoms with Crippen LogP contribution in [0.25, 0.3) is 72.7 Å². The molecular weight excluding hydrogens is 550 g/mol. The summed E-state index contributed by atoms with van der Waals surface area (Å²) in [5, 5.41) is 4.50. The minimum atomic E-state index is 0.0394. The van der Waals surface area contributed by atoms with Crippen LogP contribution in [0.15, 0.2) is 144 Å². The van der Waals surface area contributed by atoms with Crippen molar-refractivity contribution >= 4 is 38.8 Å². The van der Waals surface area contributed by atoms with Crippen LogP contribution in [0.1, 0.15) is 22.9 Å². The Labute approximate surface area is 260 Å². The average molecular weight is 578 g/mol. The van der Waals surface area contributed by atoms with E-state index in [0.717, 1.165) is 56.4 Å². The number of rotatable bonds is 4. The van der Waals surface area contributed by atoms with Crippen LogP contribution in [0.5, 0.6) is 0 Å². The van der Waals surface area contributed by atoms with Crippen molar-refractivity contribution in [2.75, 3.05) is 0 Å². The first-order valence-electron chi connectivity index (χ1n) is 15.3. The molecule has 0 bridgehead atoms.